The normalized spacial score (nSPS) is 15.0. The molecule has 2 heterocycles. The summed E-state index contributed by atoms with van der Waals surface area (Å²) in [4.78, 5) is 16.9. The first-order valence-electron chi connectivity index (χ1n) is 5.51. The van der Waals surface area contributed by atoms with Crippen LogP contribution in [-0.4, -0.2) is 9.55 Å². The molecule has 0 bridgehead atoms. The average Bonchev–Trinajstić information content (AvgIpc) is 2.30. The zero-order valence-electron chi connectivity index (χ0n) is 9.24. The second kappa shape index (κ2) is 3.81. The summed E-state index contributed by atoms with van der Waals surface area (Å²) in [5.74, 6) is 0.869. The number of rotatable bonds is 0. The first-order chi connectivity index (χ1) is 8.15. The lowest BCUT2D eigenvalue weighted by atomic mass is 10.1. The molecule has 1 aromatic carbocycles. The van der Waals surface area contributed by atoms with Gasteiger partial charge in [0.1, 0.15) is 5.82 Å². The van der Waals surface area contributed by atoms with Crippen LogP contribution in [0.5, 0.6) is 0 Å². The Labute approximate surface area is 107 Å². The minimum atomic E-state index is 0.0401. The highest BCUT2D eigenvalue weighted by atomic mass is 79.9. The summed E-state index contributed by atoms with van der Waals surface area (Å²) in [6.45, 7) is 4.56. The van der Waals surface area contributed by atoms with E-state index in [0.717, 1.165) is 34.2 Å². The molecule has 0 aliphatic carbocycles. The van der Waals surface area contributed by atoms with Crippen molar-refractivity contribution in [1.82, 2.24) is 9.55 Å². The first-order valence-corrected chi connectivity index (χ1v) is 6.30. The minimum absolute atomic E-state index is 0.0401. The molecule has 0 N–H and O–H groups in total. The maximum Gasteiger partial charge on any atom is 0.261 e. The van der Waals surface area contributed by atoms with Crippen LogP contribution in [0.2, 0.25) is 0 Å². The Bertz CT molecular complexity index is 688. The molecule has 0 unspecified atom stereocenters. The quantitative estimate of drug-likeness (QED) is 0.699. The number of hydrogen-bond donors (Lipinski definition) is 0. The van der Waals surface area contributed by atoms with Crippen LogP contribution in [0.4, 0.5) is 0 Å². The second-order valence-corrected chi connectivity index (χ2v) is 5.25. The van der Waals surface area contributed by atoms with E-state index in [1.165, 1.54) is 0 Å². The lowest BCUT2D eigenvalue weighted by molar-refractivity contribution is 0.598. The molecule has 86 valence electrons. The summed E-state index contributed by atoms with van der Waals surface area (Å²) in [6.07, 6.45) is 1.72. The molecular weight excluding hydrogens is 280 g/mol. The molecule has 17 heavy (non-hydrogen) atoms. The van der Waals surface area contributed by atoms with Crippen molar-refractivity contribution in [2.75, 3.05) is 0 Å². The standard InChI is InChI=1S/C13H11BrN2O/c1-8-2-5-12-15-11-6-9(14)3-4-10(11)13(17)16(12)7-8/h3-4,6H,1-2,5,7H2. The van der Waals surface area contributed by atoms with Crippen molar-refractivity contribution < 1.29 is 0 Å². The molecule has 1 aromatic heterocycles. The third-order valence-electron chi connectivity index (χ3n) is 3.08. The van der Waals surface area contributed by atoms with Gasteiger partial charge in [-0.25, -0.2) is 4.98 Å². The second-order valence-electron chi connectivity index (χ2n) is 4.33. The van der Waals surface area contributed by atoms with E-state index in [1.807, 2.05) is 18.2 Å². The van der Waals surface area contributed by atoms with Gasteiger partial charge in [-0.05, 0) is 24.6 Å². The molecule has 0 atom stereocenters. The predicted octanol–water partition coefficient (Wildman–Crippen LogP) is 2.66. The van der Waals surface area contributed by atoms with Gasteiger partial charge in [0.25, 0.3) is 5.56 Å². The smallest absolute Gasteiger partial charge is 0.261 e. The fourth-order valence-corrected chi connectivity index (χ4v) is 2.53. The van der Waals surface area contributed by atoms with E-state index >= 15 is 0 Å². The molecule has 0 radical (unpaired) electrons. The van der Waals surface area contributed by atoms with Crippen LogP contribution in [0.25, 0.3) is 10.9 Å². The summed E-state index contributed by atoms with van der Waals surface area (Å²) in [7, 11) is 0. The van der Waals surface area contributed by atoms with Gasteiger partial charge in [-0.15, -0.1) is 0 Å². The topological polar surface area (TPSA) is 34.9 Å². The van der Waals surface area contributed by atoms with Gasteiger partial charge in [-0.2, -0.15) is 0 Å². The molecule has 1 aliphatic heterocycles. The molecular formula is C13H11BrN2O. The van der Waals surface area contributed by atoms with E-state index < -0.39 is 0 Å². The Kier molecular flexibility index (Phi) is 2.40. The fourth-order valence-electron chi connectivity index (χ4n) is 2.19. The highest BCUT2D eigenvalue weighted by Gasteiger charge is 2.16. The number of aromatic nitrogens is 2. The molecule has 1 aliphatic rings. The molecule has 3 rings (SSSR count). The van der Waals surface area contributed by atoms with Gasteiger partial charge in [0.15, 0.2) is 0 Å². The van der Waals surface area contributed by atoms with Crippen LogP contribution in [-0.2, 0) is 13.0 Å². The van der Waals surface area contributed by atoms with Crippen LogP contribution >= 0.6 is 15.9 Å². The number of aryl methyl sites for hydroxylation is 1. The Morgan fingerprint density at radius 2 is 2.18 bits per heavy atom. The SMILES string of the molecule is C=C1CCc2nc3cc(Br)ccc3c(=O)n2C1. The number of hydrogen-bond acceptors (Lipinski definition) is 2. The van der Waals surface area contributed by atoms with Gasteiger partial charge < -0.3 is 0 Å². The van der Waals surface area contributed by atoms with Crippen molar-refractivity contribution in [1.29, 1.82) is 0 Å². The van der Waals surface area contributed by atoms with E-state index in [9.17, 15) is 4.79 Å². The van der Waals surface area contributed by atoms with E-state index in [1.54, 1.807) is 4.57 Å². The number of halogens is 1. The minimum Gasteiger partial charge on any atom is -0.292 e. The van der Waals surface area contributed by atoms with Crippen LogP contribution in [0, 0.1) is 0 Å². The van der Waals surface area contributed by atoms with Gasteiger partial charge >= 0.3 is 0 Å². The van der Waals surface area contributed by atoms with Crippen LogP contribution < -0.4 is 5.56 Å². The summed E-state index contributed by atoms with van der Waals surface area (Å²) in [5.41, 5.74) is 1.90. The molecule has 0 saturated heterocycles. The summed E-state index contributed by atoms with van der Waals surface area (Å²) >= 11 is 3.40. The van der Waals surface area contributed by atoms with Gasteiger partial charge in [-0.1, -0.05) is 28.1 Å². The van der Waals surface area contributed by atoms with E-state index in [0.29, 0.717) is 11.9 Å². The molecule has 4 heteroatoms. The lowest BCUT2D eigenvalue weighted by Crippen LogP contribution is -2.29. The van der Waals surface area contributed by atoms with Gasteiger partial charge in [0, 0.05) is 17.4 Å². The zero-order valence-corrected chi connectivity index (χ0v) is 10.8. The predicted molar refractivity (Wildman–Crippen MR) is 71.2 cm³/mol. The maximum absolute atomic E-state index is 12.3. The Hall–Kier alpha value is -1.42. The molecule has 3 nitrogen and oxygen atoms in total. The monoisotopic (exact) mass is 290 g/mol. The zero-order chi connectivity index (χ0) is 12.0. The lowest BCUT2D eigenvalue weighted by Gasteiger charge is -2.19. The van der Waals surface area contributed by atoms with Crippen molar-refractivity contribution in [3.63, 3.8) is 0 Å². The van der Waals surface area contributed by atoms with Crippen molar-refractivity contribution >= 4 is 26.8 Å². The molecule has 0 fully saturated rings. The first kappa shape index (κ1) is 10.7. The summed E-state index contributed by atoms with van der Waals surface area (Å²) in [6, 6.07) is 5.58. The molecule has 0 saturated carbocycles. The van der Waals surface area contributed by atoms with Crippen molar-refractivity contribution in [3.05, 3.63) is 51.0 Å². The number of allylic oxidation sites excluding steroid dienone is 1. The third-order valence-corrected chi connectivity index (χ3v) is 3.57. The van der Waals surface area contributed by atoms with Crippen molar-refractivity contribution in [2.45, 2.75) is 19.4 Å². The van der Waals surface area contributed by atoms with Gasteiger partial charge in [0.2, 0.25) is 0 Å². The molecule has 0 spiro atoms. The fraction of sp³-hybridized carbons (Fsp3) is 0.231. The molecule has 0 amide bonds. The van der Waals surface area contributed by atoms with Crippen LogP contribution in [0.3, 0.4) is 0 Å². The van der Waals surface area contributed by atoms with Gasteiger partial charge in [0.05, 0.1) is 10.9 Å². The Balaban J connectivity index is 2.36. The average molecular weight is 291 g/mol. The maximum atomic E-state index is 12.3. The van der Waals surface area contributed by atoms with Crippen molar-refractivity contribution in [3.8, 4) is 0 Å². The van der Waals surface area contributed by atoms with E-state index in [4.69, 9.17) is 0 Å². The van der Waals surface area contributed by atoms with E-state index in [-0.39, 0.29) is 5.56 Å². The largest absolute Gasteiger partial charge is 0.292 e. The number of nitrogens with zero attached hydrogens (tertiary/aromatic N) is 2. The summed E-state index contributed by atoms with van der Waals surface area (Å²) in [5, 5.41) is 0.673. The van der Waals surface area contributed by atoms with E-state index in [2.05, 4.69) is 27.5 Å². The van der Waals surface area contributed by atoms with Crippen LogP contribution in [0.1, 0.15) is 12.2 Å². The Morgan fingerprint density at radius 1 is 1.35 bits per heavy atom. The number of benzene rings is 1. The molecule has 2 aromatic rings. The number of fused-ring (bicyclic) bond motifs is 2. The highest BCUT2D eigenvalue weighted by molar-refractivity contribution is 9.10. The van der Waals surface area contributed by atoms with Gasteiger partial charge in [-0.3, -0.25) is 9.36 Å². The van der Waals surface area contributed by atoms with Crippen molar-refractivity contribution in [2.24, 2.45) is 0 Å². The Morgan fingerprint density at radius 3 is 3.00 bits per heavy atom. The summed E-state index contributed by atoms with van der Waals surface area (Å²) < 4.78 is 2.68. The third kappa shape index (κ3) is 1.72. The highest BCUT2D eigenvalue weighted by Crippen LogP contribution is 2.19. The van der Waals surface area contributed by atoms with Crippen LogP contribution in [0.15, 0.2) is 39.6 Å².